The number of nitrogens with zero attached hydrogens (tertiary/aromatic N) is 2. The van der Waals surface area contributed by atoms with Crippen LogP contribution >= 0.6 is 0 Å². The van der Waals surface area contributed by atoms with E-state index in [2.05, 4.69) is 5.10 Å². The van der Waals surface area contributed by atoms with Crippen molar-refractivity contribution in [2.75, 3.05) is 20.8 Å². The van der Waals surface area contributed by atoms with Gasteiger partial charge in [-0.15, -0.1) is 0 Å². The summed E-state index contributed by atoms with van der Waals surface area (Å²) >= 11 is 0. The zero-order valence-corrected chi connectivity index (χ0v) is 11.7. The van der Waals surface area contributed by atoms with Gasteiger partial charge in [-0.05, 0) is 23.8 Å². The van der Waals surface area contributed by atoms with Crippen LogP contribution in [0.2, 0.25) is 0 Å². The van der Waals surface area contributed by atoms with Gasteiger partial charge in [-0.3, -0.25) is 4.68 Å². The van der Waals surface area contributed by atoms with Crippen LogP contribution in [0.4, 0.5) is 0 Å². The predicted octanol–water partition coefficient (Wildman–Crippen LogP) is 1.44. The lowest BCUT2D eigenvalue weighted by Gasteiger charge is -2.15. The molecule has 20 heavy (non-hydrogen) atoms. The minimum atomic E-state index is 0.417. The highest BCUT2D eigenvalue weighted by Gasteiger charge is 2.13. The Balaban J connectivity index is 2.12. The van der Waals surface area contributed by atoms with Crippen LogP contribution < -0.4 is 19.9 Å². The summed E-state index contributed by atoms with van der Waals surface area (Å²) < 4.78 is 18.2. The Morgan fingerprint density at radius 1 is 1.20 bits per heavy atom. The molecule has 2 rings (SSSR count). The van der Waals surface area contributed by atoms with Crippen LogP contribution in [-0.2, 0) is 13.1 Å². The number of hydrogen-bond acceptors (Lipinski definition) is 5. The molecule has 0 fully saturated rings. The van der Waals surface area contributed by atoms with E-state index < -0.39 is 0 Å². The van der Waals surface area contributed by atoms with Gasteiger partial charge in [-0.25, -0.2) is 0 Å². The predicted molar refractivity (Wildman–Crippen MR) is 75.2 cm³/mol. The number of methoxy groups -OCH3 is 2. The molecule has 108 valence electrons. The SMILES string of the molecule is COc1cc(CN)cc(OC)c1OCCn1cccn1. The van der Waals surface area contributed by atoms with E-state index in [1.165, 1.54) is 0 Å². The van der Waals surface area contributed by atoms with E-state index in [9.17, 15) is 0 Å². The lowest BCUT2D eigenvalue weighted by molar-refractivity contribution is 0.258. The molecule has 0 bridgehead atoms. The molecule has 6 heteroatoms. The van der Waals surface area contributed by atoms with Crippen molar-refractivity contribution < 1.29 is 14.2 Å². The summed E-state index contributed by atoms with van der Waals surface area (Å²) in [5.41, 5.74) is 6.58. The van der Waals surface area contributed by atoms with Crippen LogP contribution in [0.25, 0.3) is 0 Å². The van der Waals surface area contributed by atoms with Gasteiger partial charge in [0.25, 0.3) is 0 Å². The summed E-state index contributed by atoms with van der Waals surface area (Å²) in [4.78, 5) is 0. The summed E-state index contributed by atoms with van der Waals surface area (Å²) in [5.74, 6) is 1.81. The maximum atomic E-state index is 5.77. The lowest BCUT2D eigenvalue weighted by atomic mass is 10.2. The lowest BCUT2D eigenvalue weighted by Crippen LogP contribution is -2.10. The van der Waals surface area contributed by atoms with E-state index >= 15 is 0 Å². The van der Waals surface area contributed by atoms with E-state index in [0.29, 0.717) is 36.9 Å². The topological polar surface area (TPSA) is 71.5 Å². The number of benzene rings is 1. The third-order valence-electron chi connectivity index (χ3n) is 2.88. The molecule has 6 nitrogen and oxygen atoms in total. The van der Waals surface area contributed by atoms with Gasteiger partial charge in [0.15, 0.2) is 11.5 Å². The Bertz CT molecular complexity index is 516. The van der Waals surface area contributed by atoms with Crippen LogP contribution in [0, 0.1) is 0 Å². The molecule has 2 aromatic rings. The van der Waals surface area contributed by atoms with Crippen molar-refractivity contribution in [3.63, 3.8) is 0 Å². The van der Waals surface area contributed by atoms with E-state index in [4.69, 9.17) is 19.9 Å². The van der Waals surface area contributed by atoms with Crippen molar-refractivity contribution in [1.29, 1.82) is 0 Å². The molecule has 0 amide bonds. The minimum Gasteiger partial charge on any atom is -0.493 e. The summed E-state index contributed by atoms with van der Waals surface area (Å²) in [5, 5.41) is 4.12. The van der Waals surface area contributed by atoms with Gasteiger partial charge in [0, 0.05) is 18.9 Å². The fourth-order valence-corrected chi connectivity index (χ4v) is 1.87. The summed E-state index contributed by atoms with van der Waals surface area (Å²) in [6.45, 7) is 1.54. The maximum absolute atomic E-state index is 5.77. The number of hydrogen-bond donors (Lipinski definition) is 1. The van der Waals surface area contributed by atoms with Crippen LogP contribution in [0.3, 0.4) is 0 Å². The Hall–Kier alpha value is -2.21. The van der Waals surface area contributed by atoms with Gasteiger partial charge in [0.1, 0.15) is 6.61 Å². The smallest absolute Gasteiger partial charge is 0.203 e. The molecule has 0 saturated carbocycles. The molecule has 0 aliphatic heterocycles. The van der Waals surface area contributed by atoms with Crippen molar-refractivity contribution >= 4 is 0 Å². The number of nitrogens with two attached hydrogens (primary N) is 1. The first-order chi connectivity index (χ1) is 9.78. The Morgan fingerprint density at radius 3 is 2.40 bits per heavy atom. The van der Waals surface area contributed by atoms with Crippen molar-refractivity contribution in [3.8, 4) is 17.2 Å². The van der Waals surface area contributed by atoms with Crippen LogP contribution in [0.1, 0.15) is 5.56 Å². The molecular weight excluding hydrogens is 258 g/mol. The van der Waals surface area contributed by atoms with Gasteiger partial charge < -0.3 is 19.9 Å². The molecule has 0 unspecified atom stereocenters. The molecule has 0 atom stereocenters. The van der Waals surface area contributed by atoms with Crippen LogP contribution in [0.5, 0.6) is 17.2 Å². The normalized spacial score (nSPS) is 10.3. The molecule has 1 aromatic heterocycles. The van der Waals surface area contributed by atoms with E-state index in [1.54, 1.807) is 25.1 Å². The number of ether oxygens (including phenoxy) is 3. The molecule has 1 aromatic carbocycles. The van der Waals surface area contributed by atoms with Gasteiger partial charge in [0.2, 0.25) is 5.75 Å². The van der Waals surface area contributed by atoms with Crippen molar-refractivity contribution in [2.24, 2.45) is 5.73 Å². The summed E-state index contributed by atoms with van der Waals surface area (Å²) in [6, 6.07) is 5.58. The standard InChI is InChI=1S/C14H19N3O3/c1-18-12-8-11(10-15)9-13(19-2)14(12)20-7-6-17-5-3-4-16-17/h3-5,8-9H,6-7,10,15H2,1-2H3. The second kappa shape index (κ2) is 6.81. The van der Waals surface area contributed by atoms with Gasteiger partial charge >= 0.3 is 0 Å². The second-order valence-corrected chi connectivity index (χ2v) is 4.15. The maximum Gasteiger partial charge on any atom is 0.203 e. The monoisotopic (exact) mass is 277 g/mol. The Kier molecular flexibility index (Phi) is 4.84. The first-order valence-electron chi connectivity index (χ1n) is 6.33. The largest absolute Gasteiger partial charge is 0.493 e. The minimum absolute atomic E-state index is 0.417. The second-order valence-electron chi connectivity index (χ2n) is 4.15. The van der Waals surface area contributed by atoms with Gasteiger partial charge in [-0.2, -0.15) is 5.10 Å². The summed E-state index contributed by atoms with van der Waals surface area (Å²) in [7, 11) is 3.19. The first-order valence-corrected chi connectivity index (χ1v) is 6.33. The Morgan fingerprint density at radius 2 is 1.90 bits per heavy atom. The van der Waals surface area contributed by atoms with Crippen molar-refractivity contribution in [2.45, 2.75) is 13.1 Å². The van der Waals surface area contributed by atoms with Crippen LogP contribution in [-0.4, -0.2) is 30.6 Å². The highest BCUT2D eigenvalue weighted by molar-refractivity contribution is 5.53. The van der Waals surface area contributed by atoms with Gasteiger partial charge in [-0.1, -0.05) is 0 Å². The average molecular weight is 277 g/mol. The Labute approximate surface area is 118 Å². The molecule has 0 aliphatic carbocycles. The summed E-state index contributed by atoms with van der Waals surface area (Å²) in [6.07, 6.45) is 3.62. The number of rotatable bonds is 7. The molecule has 0 aliphatic rings. The molecule has 0 radical (unpaired) electrons. The van der Waals surface area contributed by atoms with Crippen molar-refractivity contribution in [3.05, 3.63) is 36.2 Å². The molecule has 0 saturated heterocycles. The van der Waals surface area contributed by atoms with Gasteiger partial charge in [0.05, 0.1) is 20.8 Å². The molecule has 0 spiro atoms. The third kappa shape index (κ3) is 3.21. The van der Waals surface area contributed by atoms with Crippen molar-refractivity contribution in [1.82, 2.24) is 9.78 Å². The zero-order chi connectivity index (χ0) is 14.4. The first kappa shape index (κ1) is 14.2. The highest BCUT2D eigenvalue weighted by atomic mass is 16.5. The molecular formula is C14H19N3O3. The van der Waals surface area contributed by atoms with E-state index in [-0.39, 0.29) is 0 Å². The number of aromatic nitrogens is 2. The highest BCUT2D eigenvalue weighted by Crippen LogP contribution is 2.38. The molecule has 2 N–H and O–H groups in total. The van der Waals surface area contributed by atoms with E-state index in [1.807, 2.05) is 24.4 Å². The quantitative estimate of drug-likeness (QED) is 0.829. The van der Waals surface area contributed by atoms with Crippen LogP contribution in [0.15, 0.2) is 30.6 Å². The third-order valence-corrected chi connectivity index (χ3v) is 2.88. The average Bonchev–Trinajstić information content (AvgIpc) is 3.00. The fourth-order valence-electron chi connectivity index (χ4n) is 1.87. The van der Waals surface area contributed by atoms with E-state index in [0.717, 1.165) is 5.56 Å². The molecule has 1 heterocycles. The zero-order valence-electron chi connectivity index (χ0n) is 11.7. The fraction of sp³-hybridized carbons (Fsp3) is 0.357.